The van der Waals surface area contributed by atoms with Crippen LogP contribution in [0.3, 0.4) is 0 Å². The molecule has 0 saturated heterocycles. The molecule has 1 amide bonds. The molecule has 130 valence electrons. The zero-order valence-electron chi connectivity index (χ0n) is 13.5. The molecular weight excluding hydrogens is 333 g/mol. The van der Waals surface area contributed by atoms with Gasteiger partial charge in [-0.25, -0.2) is 4.68 Å². The van der Waals surface area contributed by atoms with E-state index in [9.17, 15) is 18.0 Å². The van der Waals surface area contributed by atoms with Crippen LogP contribution < -0.4 is 5.32 Å². The molecule has 0 bridgehead atoms. The molecule has 2 aromatic carbocycles. The van der Waals surface area contributed by atoms with Crippen molar-refractivity contribution >= 4 is 16.9 Å². The Kier molecular flexibility index (Phi) is 4.20. The summed E-state index contributed by atoms with van der Waals surface area (Å²) >= 11 is 0. The van der Waals surface area contributed by atoms with Crippen LogP contribution in [0.1, 0.15) is 34.5 Å². The molecule has 8 heteroatoms. The summed E-state index contributed by atoms with van der Waals surface area (Å²) in [5.74, 6) is -0.381. The molecule has 3 rings (SSSR count). The lowest BCUT2D eigenvalue weighted by Crippen LogP contribution is -2.26. The third kappa shape index (κ3) is 3.47. The Morgan fingerprint density at radius 3 is 2.68 bits per heavy atom. The number of aromatic nitrogens is 3. The Morgan fingerprint density at radius 2 is 1.96 bits per heavy atom. The summed E-state index contributed by atoms with van der Waals surface area (Å²) in [6.07, 6.45) is -4.42. The average molecular weight is 348 g/mol. The van der Waals surface area contributed by atoms with Gasteiger partial charge in [0.1, 0.15) is 5.52 Å². The minimum Gasteiger partial charge on any atom is -0.346 e. The standard InChI is InChI=1S/C17H15F3N4O/c1-10(11-4-3-5-13(8-11)17(18,19)20)21-16(25)12-6-7-14-15(9-12)24(2)23-22-14/h3-10H,1-2H3,(H,21,25). The van der Waals surface area contributed by atoms with E-state index in [0.717, 1.165) is 12.1 Å². The van der Waals surface area contributed by atoms with Crippen LogP contribution in [0, 0.1) is 0 Å². The number of amides is 1. The lowest BCUT2D eigenvalue weighted by molar-refractivity contribution is -0.137. The number of aryl methyl sites for hydroxylation is 1. The lowest BCUT2D eigenvalue weighted by Gasteiger charge is -2.16. The zero-order chi connectivity index (χ0) is 18.2. The van der Waals surface area contributed by atoms with Gasteiger partial charge in [-0.15, -0.1) is 5.10 Å². The highest BCUT2D eigenvalue weighted by Crippen LogP contribution is 2.30. The van der Waals surface area contributed by atoms with Crippen LogP contribution in [0.15, 0.2) is 42.5 Å². The van der Waals surface area contributed by atoms with Gasteiger partial charge in [0, 0.05) is 12.6 Å². The lowest BCUT2D eigenvalue weighted by atomic mass is 10.0. The van der Waals surface area contributed by atoms with Crippen molar-refractivity contribution in [3.63, 3.8) is 0 Å². The van der Waals surface area contributed by atoms with Gasteiger partial charge in [-0.2, -0.15) is 13.2 Å². The van der Waals surface area contributed by atoms with E-state index in [1.165, 1.54) is 6.07 Å². The number of nitrogens with zero attached hydrogens (tertiary/aromatic N) is 3. The molecule has 0 aliphatic heterocycles. The number of carbonyl (C=O) groups is 1. The monoisotopic (exact) mass is 348 g/mol. The fourth-order valence-corrected chi connectivity index (χ4v) is 2.52. The Labute approximate surface area is 141 Å². The smallest absolute Gasteiger partial charge is 0.346 e. The number of halogens is 3. The quantitative estimate of drug-likeness (QED) is 0.788. The maximum Gasteiger partial charge on any atom is 0.416 e. The molecule has 25 heavy (non-hydrogen) atoms. The summed E-state index contributed by atoms with van der Waals surface area (Å²) in [6.45, 7) is 1.64. The molecule has 1 aromatic heterocycles. The van der Waals surface area contributed by atoms with Crippen molar-refractivity contribution in [3.05, 3.63) is 59.2 Å². The van der Waals surface area contributed by atoms with Crippen molar-refractivity contribution in [1.82, 2.24) is 20.3 Å². The number of fused-ring (bicyclic) bond motifs is 1. The van der Waals surface area contributed by atoms with E-state index in [1.807, 2.05) is 0 Å². The molecule has 0 aliphatic carbocycles. The molecule has 1 unspecified atom stereocenters. The highest BCUT2D eigenvalue weighted by Gasteiger charge is 2.30. The Hall–Kier alpha value is -2.90. The summed E-state index contributed by atoms with van der Waals surface area (Å²) in [6, 6.07) is 9.26. The number of benzene rings is 2. The topological polar surface area (TPSA) is 59.8 Å². The van der Waals surface area contributed by atoms with Crippen molar-refractivity contribution in [2.24, 2.45) is 7.05 Å². The van der Waals surface area contributed by atoms with Gasteiger partial charge in [-0.05, 0) is 42.8 Å². The van der Waals surface area contributed by atoms with E-state index < -0.39 is 17.8 Å². The van der Waals surface area contributed by atoms with Gasteiger partial charge in [-0.1, -0.05) is 17.3 Å². The van der Waals surface area contributed by atoms with Crippen LogP contribution in [0.2, 0.25) is 0 Å². The van der Waals surface area contributed by atoms with Crippen molar-refractivity contribution in [2.75, 3.05) is 0 Å². The number of alkyl halides is 3. The van der Waals surface area contributed by atoms with Gasteiger partial charge in [0.05, 0.1) is 17.1 Å². The molecule has 1 heterocycles. The van der Waals surface area contributed by atoms with Crippen molar-refractivity contribution in [3.8, 4) is 0 Å². The van der Waals surface area contributed by atoms with Crippen LogP contribution >= 0.6 is 0 Å². The minimum atomic E-state index is -4.42. The molecule has 3 aromatic rings. The number of hydrogen-bond acceptors (Lipinski definition) is 3. The molecule has 0 aliphatic rings. The predicted molar refractivity (Wildman–Crippen MR) is 85.8 cm³/mol. The molecule has 1 atom stereocenters. The first-order valence-corrected chi connectivity index (χ1v) is 7.53. The largest absolute Gasteiger partial charge is 0.416 e. The van der Waals surface area contributed by atoms with E-state index in [4.69, 9.17) is 0 Å². The van der Waals surface area contributed by atoms with Crippen LogP contribution in [0.5, 0.6) is 0 Å². The molecule has 0 radical (unpaired) electrons. The van der Waals surface area contributed by atoms with Crippen molar-refractivity contribution in [2.45, 2.75) is 19.1 Å². The van der Waals surface area contributed by atoms with E-state index >= 15 is 0 Å². The number of carbonyl (C=O) groups excluding carboxylic acids is 1. The minimum absolute atomic E-state index is 0.381. The van der Waals surface area contributed by atoms with Crippen LogP contribution in [0.25, 0.3) is 11.0 Å². The van der Waals surface area contributed by atoms with E-state index in [2.05, 4.69) is 15.6 Å². The van der Waals surface area contributed by atoms with Gasteiger partial charge < -0.3 is 5.32 Å². The van der Waals surface area contributed by atoms with Gasteiger partial charge in [0.15, 0.2) is 0 Å². The van der Waals surface area contributed by atoms with Crippen LogP contribution in [-0.4, -0.2) is 20.9 Å². The second kappa shape index (κ2) is 6.19. The second-order valence-electron chi connectivity index (χ2n) is 5.73. The number of rotatable bonds is 3. The van der Waals surface area contributed by atoms with Gasteiger partial charge in [0.2, 0.25) is 0 Å². The number of hydrogen-bond donors (Lipinski definition) is 1. The first-order valence-electron chi connectivity index (χ1n) is 7.53. The summed E-state index contributed by atoms with van der Waals surface area (Å²) < 4.78 is 40.0. The van der Waals surface area contributed by atoms with Crippen molar-refractivity contribution in [1.29, 1.82) is 0 Å². The normalized spacial score (nSPS) is 13.0. The van der Waals surface area contributed by atoms with E-state index in [1.54, 1.807) is 42.9 Å². The maximum absolute atomic E-state index is 12.8. The van der Waals surface area contributed by atoms with Crippen LogP contribution in [-0.2, 0) is 13.2 Å². The van der Waals surface area contributed by atoms with Crippen molar-refractivity contribution < 1.29 is 18.0 Å². The summed E-state index contributed by atoms with van der Waals surface area (Å²) in [7, 11) is 1.71. The molecule has 1 N–H and O–H groups in total. The maximum atomic E-state index is 12.8. The average Bonchev–Trinajstić information content (AvgIpc) is 2.95. The van der Waals surface area contributed by atoms with E-state index in [0.29, 0.717) is 22.2 Å². The second-order valence-corrected chi connectivity index (χ2v) is 5.73. The third-order valence-electron chi connectivity index (χ3n) is 3.93. The highest BCUT2D eigenvalue weighted by molar-refractivity contribution is 5.97. The van der Waals surface area contributed by atoms with Gasteiger partial charge in [0.25, 0.3) is 5.91 Å². The number of nitrogens with one attached hydrogen (secondary N) is 1. The third-order valence-corrected chi connectivity index (χ3v) is 3.93. The molecule has 0 fully saturated rings. The fraction of sp³-hybridized carbons (Fsp3) is 0.235. The molecule has 0 saturated carbocycles. The highest BCUT2D eigenvalue weighted by atomic mass is 19.4. The summed E-state index contributed by atoms with van der Waals surface area (Å²) in [5, 5.41) is 10.5. The first kappa shape index (κ1) is 16.9. The fourth-order valence-electron chi connectivity index (χ4n) is 2.52. The van der Waals surface area contributed by atoms with Gasteiger partial charge in [-0.3, -0.25) is 4.79 Å². The summed E-state index contributed by atoms with van der Waals surface area (Å²) in [4.78, 5) is 12.4. The van der Waals surface area contributed by atoms with Crippen LogP contribution in [0.4, 0.5) is 13.2 Å². The SMILES string of the molecule is CC(NC(=O)c1ccc2nnn(C)c2c1)c1cccc(C(F)(F)F)c1. The van der Waals surface area contributed by atoms with Gasteiger partial charge >= 0.3 is 6.18 Å². The molecule has 0 spiro atoms. The zero-order valence-corrected chi connectivity index (χ0v) is 13.5. The summed E-state index contributed by atoms with van der Waals surface area (Å²) in [5.41, 5.74) is 1.38. The predicted octanol–water partition coefficient (Wildman–Crippen LogP) is 3.48. The molecule has 5 nitrogen and oxygen atoms in total. The molecular formula is C17H15F3N4O. The Morgan fingerprint density at radius 1 is 1.20 bits per heavy atom. The Balaban J connectivity index is 1.81. The van der Waals surface area contributed by atoms with E-state index in [-0.39, 0.29) is 5.91 Å². The first-order chi connectivity index (χ1) is 11.8. The Bertz CT molecular complexity index is 933.